The third kappa shape index (κ3) is 7.28. The van der Waals surface area contributed by atoms with E-state index in [0.29, 0.717) is 42.1 Å². The van der Waals surface area contributed by atoms with Gasteiger partial charge in [0, 0.05) is 11.4 Å². The minimum Gasteiger partial charge on any atom is -0.493 e. The van der Waals surface area contributed by atoms with Crippen molar-refractivity contribution in [3.05, 3.63) is 76.9 Å². The number of fused-ring (bicyclic) bond motifs is 1. The van der Waals surface area contributed by atoms with Gasteiger partial charge in [0.2, 0.25) is 0 Å². The van der Waals surface area contributed by atoms with Gasteiger partial charge in [-0.05, 0) is 62.2 Å². The van der Waals surface area contributed by atoms with E-state index in [9.17, 15) is 19.2 Å². The molecule has 2 heterocycles. The molecule has 1 aliphatic rings. The number of nitrogens with zero attached hydrogens (tertiary/aromatic N) is 2. The van der Waals surface area contributed by atoms with Crippen molar-refractivity contribution in [1.29, 1.82) is 0 Å². The summed E-state index contributed by atoms with van der Waals surface area (Å²) in [6, 6.07) is 7.24. The molecule has 3 aromatic rings. The molecule has 2 aromatic carbocycles. The first-order valence-corrected chi connectivity index (χ1v) is 15.4. The number of methoxy groups -OCH3 is 2. The lowest BCUT2D eigenvalue weighted by molar-refractivity contribution is -0.143. The number of rotatable bonds is 11. The van der Waals surface area contributed by atoms with Gasteiger partial charge in [0.1, 0.15) is 0 Å². The number of halogens is 1. The Hall–Kier alpha value is -4.43. The highest BCUT2D eigenvalue weighted by molar-refractivity contribution is 9.10. The predicted molar refractivity (Wildman–Crippen MR) is 168 cm³/mol. The predicted octanol–water partition coefficient (Wildman–Crippen LogP) is 3.45. The maximum absolute atomic E-state index is 14.1. The van der Waals surface area contributed by atoms with Crippen LogP contribution >= 0.6 is 27.3 Å². The molecule has 45 heavy (non-hydrogen) atoms. The van der Waals surface area contributed by atoms with Crippen molar-refractivity contribution in [3.8, 4) is 23.0 Å². The van der Waals surface area contributed by atoms with Gasteiger partial charge in [-0.2, -0.15) is 0 Å². The summed E-state index contributed by atoms with van der Waals surface area (Å²) in [4.78, 5) is 55.6. The van der Waals surface area contributed by atoms with Gasteiger partial charge in [-0.15, -0.1) is 0 Å². The zero-order valence-corrected chi connectivity index (χ0v) is 27.8. The molecular formula is C31H31BrN2O10S. The fourth-order valence-electron chi connectivity index (χ4n) is 4.58. The summed E-state index contributed by atoms with van der Waals surface area (Å²) >= 11 is 4.63. The van der Waals surface area contributed by atoms with E-state index in [4.69, 9.17) is 23.7 Å². The Labute approximate surface area is 270 Å². The van der Waals surface area contributed by atoms with Crippen LogP contribution in [0.2, 0.25) is 0 Å². The molecule has 0 fully saturated rings. The van der Waals surface area contributed by atoms with Gasteiger partial charge in [-0.1, -0.05) is 33.3 Å². The number of carbonyl (C=O) groups is 3. The molecule has 0 N–H and O–H groups in total. The second kappa shape index (κ2) is 14.6. The van der Waals surface area contributed by atoms with Crippen LogP contribution in [-0.4, -0.2) is 56.5 Å². The Kier molecular flexibility index (Phi) is 10.8. The number of esters is 3. The van der Waals surface area contributed by atoms with Gasteiger partial charge in [0.15, 0.2) is 34.4 Å². The quantitative estimate of drug-likeness (QED) is 0.216. The molecule has 12 nitrogen and oxygen atoms in total. The molecule has 1 aliphatic heterocycles. The monoisotopic (exact) mass is 702 g/mol. The second-order valence-electron chi connectivity index (χ2n) is 9.42. The molecule has 14 heteroatoms. The van der Waals surface area contributed by atoms with Crippen molar-refractivity contribution >= 4 is 51.3 Å². The maximum atomic E-state index is 14.1. The normalized spacial score (nSPS) is 14.3. The molecule has 0 unspecified atom stereocenters. The Bertz CT molecular complexity index is 1860. The van der Waals surface area contributed by atoms with E-state index >= 15 is 0 Å². The first kappa shape index (κ1) is 33.5. The van der Waals surface area contributed by atoms with Crippen LogP contribution in [0.15, 0.2) is 55.9 Å². The molecule has 0 bridgehead atoms. The second-order valence-corrected chi connectivity index (χ2v) is 11.3. The third-order valence-corrected chi connectivity index (χ3v) is 8.17. The summed E-state index contributed by atoms with van der Waals surface area (Å²) in [5.41, 5.74) is 1.29. The van der Waals surface area contributed by atoms with E-state index in [1.807, 2.05) is 0 Å². The van der Waals surface area contributed by atoms with Crippen LogP contribution in [0.5, 0.6) is 23.0 Å². The number of hydrogen-bond donors (Lipinski definition) is 0. The standard InChI is InChI=1S/C31H31BrN2O10S/c1-7-41-23-11-18(9-10-21(23)43-15-26(36)40-6)28-27(30(38)42-8-2)16(3)33-31-34(28)29(37)25(45-31)13-19-12-22(39-5)24(14-20(19)32)44-17(4)35/h9-14,28H,7-8,15H2,1-6H3/b25-13-/t28-/m1/s1. The number of ether oxygens (including phenoxy) is 6. The number of allylic oxidation sites excluding steroid dienone is 1. The van der Waals surface area contributed by atoms with Crippen LogP contribution in [0, 0.1) is 0 Å². The van der Waals surface area contributed by atoms with Gasteiger partial charge < -0.3 is 28.4 Å². The average Bonchev–Trinajstić information content (AvgIpc) is 3.30. The van der Waals surface area contributed by atoms with Crippen LogP contribution in [0.4, 0.5) is 0 Å². The number of aromatic nitrogens is 1. The minimum atomic E-state index is -0.916. The number of thiazole rings is 1. The lowest BCUT2D eigenvalue weighted by Gasteiger charge is -2.25. The van der Waals surface area contributed by atoms with Crippen LogP contribution in [-0.2, 0) is 23.9 Å². The highest BCUT2D eigenvalue weighted by Gasteiger charge is 2.34. The van der Waals surface area contributed by atoms with Crippen molar-refractivity contribution < 1.29 is 42.8 Å². The molecule has 0 saturated carbocycles. The van der Waals surface area contributed by atoms with Crippen molar-refractivity contribution in [1.82, 2.24) is 4.57 Å². The van der Waals surface area contributed by atoms with Gasteiger partial charge >= 0.3 is 17.9 Å². The van der Waals surface area contributed by atoms with E-state index in [1.54, 1.807) is 57.2 Å². The zero-order valence-electron chi connectivity index (χ0n) is 25.4. The molecule has 238 valence electrons. The molecule has 1 atom stereocenters. The first-order chi connectivity index (χ1) is 21.5. The van der Waals surface area contributed by atoms with Gasteiger partial charge in [-0.25, -0.2) is 14.6 Å². The number of benzene rings is 2. The topological polar surface area (TPSA) is 141 Å². The Morgan fingerprint density at radius 1 is 1.02 bits per heavy atom. The van der Waals surface area contributed by atoms with E-state index in [1.165, 1.54) is 25.7 Å². The largest absolute Gasteiger partial charge is 0.493 e. The van der Waals surface area contributed by atoms with Crippen molar-refractivity contribution in [2.75, 3.05) is 34.0 Å². The lowest BCUT2D eigenvalue weighted by atomic mass is 9.95. The summed E-state index contributed by atoms with van der Waals surface area (Å²) in [7, 11) is 2.70. The van der Waals surface area contributed by atoms with Gasteiger partial charge in [0.25, 0.3) is 5.56 Å². The number of carbonyl (C=O) groups excluding carboxylic acids is 3. The van der Waals surface area contributed by atoms with Crippen LogP contribution in [0.3, 0.4) is 0 Å². The third-order valence-electron chi connectivity index (χ3n) is 6.50. The van der Waals surface area contributed by atoms with E-state index in [2.05, 4.69) is 25.7 Å². The molecular weight excluding hydrogens is 672 g/mol. The first-order valence-electron chi connectivity index (χ1n) is 13.7. The van der Waals surface area contributed by atoms with Crippen molar-refractivity contribution in [3.63, 3.8) is 0 Å². The Morgan fingerprint density at radius 3 is 2.42 bits per heavy atom. The smallest absolute Gasteiger partial charge is 0.343 e. The van der Waals surface area contributed by atoms with E-state index < -0.39 is 29.5 Å². The molecule has 0 saturated heterocycles. The summed E-state index contributed by atoms with van der Waals surface area (Å²) in [5, 5.41) is 0. The summed E-state index contributed by atoms with van der Waals surface area (Å²) in [6.45, 7) is 6.53. The fourth-order valence-corrected chi connectivity index (χ4v) is 6.06. The molecule has 1 aromatic heterocycles. The summed E-state index contributed by atoms with van der Waals surface area (Å²) in [5.74, 6) is -0.587. The van der Waals surface area contributed by atoms with Gasteiger partial charge in [-0.3, -0.25) is 14.2 Å². The summed E-state index contributed by atoms with van der Waals surface area (Å²) < 4.78 is 34.4. The van der Waals surface area contributed by atoms with E-state index in [-0.39, 0.29) is 36.9 Å². The van der Waals surface area contributed by atoms with Crippen molar-refractivity contribution in [2.45, 2.75) is 33.7 Å². The average molecular weight is 704 g/mol. The SMILES string of the molecule is CCOC(=O)C1=C(C)N=c2s/c(=C\c3cc(OC)c(OC(C)=O)cc3Br)c(=O)n2[C@@H]1c1ccc(OCC(=O)OC)c(OCC)c1. The molecule has 0 amide bonds. The zero-order chi connectivity index (χ0) is 32.8. The summed E-state index contributed by atoms with van der Waals surface area (Å²) in [6.07, 6.45) is 1.66. The fraction of sp³-hybridized carbons (Fsp3) is 0.323. The Balaban J connectivity index is 1.91. The molecule has 4 rings (SSSR count). The van der Waals surface area contributed by atoms with Crippen molar-refractivity contribution in [2.24, 2.45) is 4.99 Å². The molecule has 0 spiro atoms. The van der Waals surface area contributed by atoms with Crippen LogP contribution < -0.4 is 33.8 Å². The highest BCUT2D eigenvalue weighted by Crippen LogP contribution is 2.37. The van der Waals surface area contributed by atoms with Crippen LogP contribution in [0.25, 0.3) is 6.08 Å². The lowest BCUT2D eigenvalue weighted by Crippen LogP contribution is -2.40. The minimum absolute atomic E-state index is 0.121. The Morgan fingerprint density at radius 2 is 1.78 bits per heavy atom. The highest BCUT2D eigenvalue weighted by atomic mass is 79.9. The van der Waals surface area contributed by atoms with E-state index in [0.717, 1.165) is 11.3 Å². The molecule has 0 radical (unpaired) electrons. The number of hydrogen-bond acceptors (Lipinski definition) is 12. The maximum Gasteiger partial charge on any atom is 0.343 e. The van der Waals surface area contributed by atoms with Crippen LogP contribution in [0.1, 0.15) is 44.9 Å². The molecule has 0 aliphatic carbocycles. The van der Waals surface area contributed by atoms with Gasteiger partial charge in [0.05, 0.1) is 49.3 Å².